The van der Waals surface area contributed by atoms with E-state index in [1.54, 1.807) is 12.2 Å². The Morgan fingerprint density at radius 3 is 1.56 bits per heavy atom. The monoisotopic (exact) mass is 510 g/mol. The number of hydrogen-bond donors (Lipinski definition) is 0. The quantitative estimate of drug-likeness (QED) is 0.243. The molecule has 8 nitrogen and oxygen atoms in total. The van der Waals surface area contributed by atoms with Gasteiger partial charge in [0.25, 0.3) is 0 Å². The van der Waals surface area contributed by atoms with Gasteiger partial charge in [-0.3, -0.25) is 0 Å². The molecule has 0 unspecified atom stereocenters. The van der Waals surface area contributed by atoms with Crippen molar-refractivity contribution in [3.05, 3.63) is 84.7 Å². The van der Waals surface area contributed by atoms with E-state index in [4.69, 9.17) is 9.47 Å². The van der Waals surface area contributed by atoms with E-state index in [-0.39, 0.29) is 17.2 Å². The molecular formula is C24H30O8S2. The van der Waals surface area contributed by atoms with Crippen molar-refractivity contribution < 1.29 is 35.9 Å². The lowest BCUT2D eigenvalue weighted by atomic mass is 10.1. The number of sulfone groups is 2. The maximum Gasteiger partial charge on any atom is 0.338 e. The van der Waals surface area contributed by atoms with Crippen molar-refractivity contribution >= 4 is 31.6 Å². The maximum absolute atomic E-state index is 12.6. The van der Waals surface area contributed by atoms with Gasteiger partial charge in [0.1, 0.15) is 12.2 Å². The topological polar surface area (TPSA) is 121 Å². The summed E-state index contributed by atoms with van der Waals surface area (Å²) in [6.07, 6.45) is 4.06. The first-order valence-electron chi connectivity index (χ1n) is 10.4. The SMILES string of the molecule is C=CCCC(CCC=C)OC(=O)c1cccc(C(=O)OC(CS(=O)(=O)C=C)CS(=O)(=O)C=C)c1. The standard InChI is InChI=1S/C24H30O8S2/c1-5-9-14-21(15-10-6-2)31-23(25)19-12-11-13-20(16-19)24(26)32-22(17-33(27,28)7-3)18-34(29,30)8-4/h5-8,11-13,16,21-22H,1-4,9-10,14-15,17-18H2. The molecule has 0 N–H and O–H groups in total. The molecule has 0 saturated heterocycles. The molecule has 1 rings (SSSR count). The van der Waals surface area contributed by atoms with Gasteiger partial charge in [-0.1, -0.05) is 31.4 Å². The molecule has 0 saturated carbocycles. The number of rotatable bonds is 16. The first kappa shape index (κ1) is 29.1. The minimum absolute atomic E-state index is 0.0693. The Morgan fingerprint density at radius 2 is 1.18 bits per heavy atom. The average Bonchev–Trinajstić information content (AvgIpc) is 2.80. The van der Waals surface area contributed by atoms with E-state index >= 15 is 0 Å². The van der Waals surface area contributed by atoms with Gasteiger partial charge in [-0.15, -0.1) is 13.2 Å². The molecule has 1 aromatic carbocycles. The fourth-order valence-corrected chi connectivity index (χ4v) is 4.68. The number of benzene rings is 1. The summed E-state index contributed by atoms with van der Waals surface area (Å²) in [6.45, 7) is 13.7. The Kier molecular flexibility index (Phi) is 11.7. The van der Waals surface area contributed by atoms with Crippen molar-refractivity contribution in [2.75, 3.05) is 11.5 Å². The summed E-state index contributed by atoms with van der Waals surface area (Å²) in [5, 5.41) is 1.31. The lowest BCUT2D eigenvalue weighted by molar-refractivity contribution is 0.0266. The van der Waals surface area contributed by atoms with Gasteiger partial charge in [-0.05, 0) is 43.9 Å². The minimum Gasteiger partial charge on any atom is -0.459 e. The van der Waals surface area contributed by atoms with Crippen LogP contribution in [0.25, 0.3) is 0 Å². The number of carbonyl (C=O) groups is 2. The fraction of sp³-hybridized carbons (Fsp3) is 0.333. The first-order chi connectivity index (χ1) is 16.0. The van der Waals surface area contributed by atoms with Crippen LogP contribution < -0.4 is 0 Å². The summed E-state index contributed by atoms with van der Waals surface area (Å²) in [4.78, 5) is 25.3. The second-order valence-corrected chi connectivity index (χ2v) is 11.3. The predicted octanol–water partition coefficient (Wildman–Crippen LogP) is 3.79. The van der Waals surface area contributed by atoms with Crippen molar-refractivity contribution in [1.82, 2.24) is 0 Å². The summed E-state index contributed by atoms with van der Waals surface area (Å²) in [5.41, 5.74) is 0.0193. The van der Waals surface area contributed by atoms with Crippen molar-refractivity contribution in [2.24, 2.45) is 0 Å². The summed E-state index contributed by atoms with van der Waals surface area (Å²) < 4.78 is 58.3. The zero-order valence-corrected chi connectivity index (χ0v) is 20.6. The molecule has 0 aromatic heterocycles. The lowest BCUT2D eigenvalue weighted by Gasteiger charge is -2.18. The largest absolute Gasteiger partial charge is 0.459 e. The van der Waals surface area contributed by atoms with Crippen LogP contribution in [-0.4, -0.2) is 52.5 Å². The van der Waals surface area contributed by atoms with Crippen molar-refractivity contribution in [3.8, 4) is 0 Å². The van der Waals surface area contributed by atoms with Gasteiger partial charge in [-0.25, -0.2) is 26.4 Å². The molecule has 0 aliphatic carbocycles. The Balaban J connectivity index is 3.05. The third-order valence-electron chi connectivity index (χ3n) is 4.61. The van der Waals surface area contributed by atoms with Gasteiger partial charge in [0, 0.05) is 10.8 Å². The number of ether oxygens (including phenoxy) is 2. The fourth-order valence-electron chi connectivity index (χ4n) is 2.85. The summed E-state index contributed by atoms with van der Waals surface area (Å²) in [7, 11) is -7.76. The van der Waals surface area contributed by atoms with Gasteiger partial charge in [-0.2, -0.15) is 0 Å². The Hall–Kier alpha value is -2.98. The molecule has 1 aromatic rings. The molecule has 186 valence electrons. The highest BCUT2D eigenvalue weighted by Crippen LogP contribution is 2.16. The minimum atomic E-state index is -3.88. The van der Waals surface area contributed by atoms with E-state index < -0.39 is 49.2 Å². The molecule has 0 amide bonds. The van der Waals surface area contributed by atoms with Crippen LogP contribution in [0.2, 0.25) is 0 Å². The van der Waals surface area contributed by atoms with E-state index in [0.717, 1.165) is 0 Å². The summed E-state index contributed by atoms with van der Waals surface area (Å²) in [6, 6.07) is 5.49. The van der Waals surface area contributed by atoms with Crippen LogP contribution in [0.3, 0.4) is 0 Å². The highest BCUT2D eigenvalue weighted by atomic mass is 32.2. The third kappa shape index (κ3) is 10.3. The highest BCUT2D eigenvalue weighted by Gasteiger charge is 2.27. The van der Waals surface area contributed by atoms with Crippen LogP contribution in [0, 0.1) is 0 Å². The molecule has 0 bridgehead atoms. The Labute approximate surface area is 201 Å². The van der Waals surface area contributed by atoms with E-state index in [9.17, 15) is 26.4 Å². The summed E-state index contributed by atoms with van der Waals surface area (Å²) in [5.74, 6) is -3.18. The van der Waals surface area contributed by atoms with Gasteiger partial charge >= 0.3 is 11.9 Å². The zero-order valence-electron chi connectivity index (χ0n) is 18.9. The normalized spacial score (nSPS) is 11.6. The van der Waals surface area contributed by atoms with Gasteiger partial charge < -0.3 is 9.47 Å². The molecule has 0 spiro atoms. The lowest BCUT2D eigenvalue weighted by Crippen LogP contribution is -2.32. The first-order valence-corrected chi connectivity index (χ1v) is 13.8. The average molecular weight is 511 g/mol. The van der Waals surface area contributed by atoms with Crippen LogP contribution in [0.15, 0.2) is 73.5 Å². The molecule has 0 heterocycles. The number of carbonyl (C=O) groups excluding carboxylic acids is 2. The van der Waals surface area contributed by atoms with Crippen LogP contribution in [0.1, 0.15) is 46.4 Å². The Bertz CT molecular complexity index is 1070. The van der Waals surface area contributed by atoms with E-state index in [0.29, 0.717) is 36.5 Å². The van der Waals surface area contributed by atoms with E-state index in [1.807, 2.05) is 0 Å². The van der Waals surface area contributed by atoms with Crippen LogP contribution in [0.4, 0.5) is 0 Å². The maximum atomic E-state index is 12.6. The molecule has 0 aliphatic heterocycles. The smallest absolute Gasteiger partial charge is 0.338 e. The van der Waals surface area contributed by atoms with Crippen molar-refractivity contribution in [1.29, 1.82) is 0 Å². The number of hydrogen-bond acceptors (Lipinski definition) is 8. The summed E-state index contributed by atoms with van der Waals surface area (Å²) >= 11 is 0. The van der Waals surface area contributed by atoms with Crippen LogP contribution in [0.5, 0.6) is 0 Å². The Morgan fingerprint density at radius 1 is 0.765 bits per heavy atom. The molecule has 0 atom stereocenters. The number of allylic oxidation sites excluding steroid dienone is 2. The molecule has 10 heteroatoms. The van der Waals surface area contributed by atoms with Crippen LogP contribution >= 0.6 is 0 Å². The van der Waals surface area contributed by atoms with Crippen molar-refractivity contribution in [3.63, 3.8) is 0 Å². The second kappa shape index (κ2) is 13.7. The van der Waals surface area contributed by atoms with E-state index in [1.165, 1.54) is 24.3 Å². The number of esters is 2. The molecule has 0 radical (unpaired) electrons. The highest BCUT2D eigenvalue weighted by molar-refractivity contribution is 7.95. The zero-order chi connectivity index (χ0) is 25.8. The van der Waals surface area contributed by atoms with E-state index in [2.05, 4.69) is 26.3 Å². The van der Waals surface area contributed by atoms with Crippen molar-refractivity contribution in [2.45, 2.75) is 37.9 Å². The predicted molar refractivity (Wildman–Crippen MR) is 132 cm³/mol. The molecular weight excluding hydrogens is 480 g/mol. The third-order valence-corrected chi connectivity index (χ3v) is 7.30. The molecule has 0 aliphatic rings. The van der Waals surface area contributed by atoms with Gasteiger partial charge in [0.2, 0.25) is 0 Å². The van der Waals surface area contributed by atoms with Gasteiger partial charge in [0.15, 0.2) is 19.7 Å². The molecule has 34 heavy (non-hydrogen) atoms. The van der Waals surface area contributed by atoms with Crippen LogP contribution in [-0.2, 0) is 29.1 Å². The van der Waals surface area contributed by atoms with Gasteiger partial charge in [0.05, 0.1) is 22.6 Å². The second-order valence-electron chi connectivity index (χ2n) is 7.36. The molecule has 0 fully saturated rings.